The van der Waals surface area contributed by atoms with Crippen molar-refractivity contribution < 1.29 is 38.0 Å². The monoisotopic (exact) mass is 334 g/mol. The molecule has 1 aromatic rings. The van der Waals surface area contributed by atoms with Crippen LogP contribution < -0.4 is 5.32 Å². The Labute approximate surface area is 162 Å². The first kappa shape index (κ1) is 5.61. The van der Waals surface area contributed by atoms with Crippen molar-refractivity contribution in [2.24, 2.45) is 17.7 Å². The Morgan fingerprint density at radius 2 is 2.00 bits per heavy atom. The van der Waals surface area contributed by atoms with E-state index in [9.17, 15) is 14.7 Å². The van der Waals surface area contributed by atoms with E-state index in [1.165, 1.54) is 24.3 Å². The van der Waals surface area contributed by atoms with Crippen molar-refractivity contribution in [2.75, 3.05) is 0 Å². The van der Waals surface area contributed by atoms with Gasteiger partial charge in [0.15, 0.2) is 0 Å². The van der Waals surface area contributed by atoms with Crippen LogP contribution in [0, 0.1) is 17.7 Å². The van der Waals surface area contributed by atoms with Gasteiger partial charge in [-0.2, -0.15) is 0 Å². The summed E-state index contributed by atoms with van der Waals surface area (Å²) in [5, 5.41) is 11.3. The first-order valence-electron chi connectivity index (χ1n) is 15.1. The number of rotatable bonds is 6. The summed E-state index contributed by atoms with van der Waals surface area (Å²) in [5.41, 5.74) is 0.314. The molecule has 1 aromatic carbocycles. The largest absolute Gasteiger partial charge is 0.480 e. The van der Waals surface area contributed by atoms with Gasteiger partial charge in [-0.1, -0.05) is 44.0 Å². The average Bonchev–Trinajstić information content (AvgIpc) is 2.79. The lowest BCUT2D eigenvalue weighted by molar-refractivity contribution is -0.142. The molecule has 2 N–H and O–H groups in total. The Morgan fingerprint density at radius 1 is 1.35 bits per heavy atom. The van der Waals surface area contributed by atoms with Crippen molar-refractivity contribution in [2.45, 2.75) is 51.7 Å². The predicted octanol–water partition coefficient (Wildman–Crippen LogP) is 3.26. The Bertz CT molecular complexity index is 1100. The molecule has 1 fully saturated rings. The highest BCUT2D eigenvalue weighted by atomic mass is 16.4. The molecule has 0 spiro atoms. The zero-order valence-corrected chi connectivity index (χ0v) is 11.9. The van der Waals surface area contributed by atoms with E-state index in [4.69, 9.17) is 23.3 Å². The maximum atomic E-state index is 13.4. The summed E-state index contributed by atoms with van der Waals surface area (Å²) < 4.78 is 138. The van der Waals surface area contributed by atoms with Crippen molar-refractivity contribution in [1.29, 1.82) is 0 Å². The van der Waals surface area contributed by atoms with E-state index in [1.54, 1.807) is 11.4 Å². The highest BCUT2D eigenvalue weighted by Gasteiger charge is 2.30. The quantitative estimate of drug-likeness (QED) is 0.839. The summed E-state index contributed by atoms with van der Waals surface area (Å²) in [6, 6.07) is 5.54. The second-order valence-electron chi connectivity index (χ2n) is 4.68. The van der Waals surface area contributed by atoms with Gasteiger partial charge < -0.3 is 10.4 Å². The lowest BCUT2D eigenvalue weighted by atomic mass is 9.76. The van der Waals surface area contributed by atoms with Crippen LogP contribution in [0.4, 0.5) is 0 Å². The van der Waals surface area contributed by atoms with Crippen LogP contribution in [0.15, 0.2) is 30.3 Å². The number of amides is 1. The SMILES string of the molecule is [2H]C([2H])([2H])C([2H])(C([2H])([2H])[2H])C1([2H])C([2H])([2H])C([2H])([2H])C([2H])(C(=O)N[C@H](Cc2ccccc2)C(=O)O)C([2H])([2H])C1([2H])[2H]. The highest BCUT2D eigenvalue weighted by molar-refractivity contribution is 5.85. The van der Waals surface area contributed by atoms with Crippen molar-refractivity contribution in [3.05, 3.63) is 35.9 Å². The molecule has 0 saturated heterocycles. The van der Waals surface area contributed by atoms with Crippen molar-refractivity contribution in [3.63, 3.8) is 0 Å². The third-order valence-electron chi connectivity index (χ3n) is 2.99. The van der Waals surface area contributed by atoms with Crippen LogP contribution in [-0.2, 0) is 16.0 Å². The highest BCUT2D eigenvalue weighted by Crippen LogP contribution is 2.33. The lowest BCUT2D eigenvalue weighted by Gasteiger charge is -2.30. The number of benzene rings is 1. The standard InChI is InChI=1S/C19H27NO3/c1-13(2)15-8-10-16(11-9-15)18(21)20-17(19(22)23)12-14-6-4-3-5-7-14/h3-7,13,15-17H,8-12H2,1-2H3,(H,20,21)(H,22,23)/t15?,16?,17-/m1/s1/i1D3,2D3,8D2,9D2,10D2,11D2,13D,15D,16D. The molecule has 4 heteroatoms. The number of carboxylic acids is 1. The molecule has 0 heterocycles. The van der Waals surface area contributed by atoms with Gasteiger partial charge in [-0.3, -0.25) is 4.79 Å². The molecule has 23 heavy (non-hydrogen) atoms. The smallest absolute Gasteiger partial charge is 0.326 e. The van der Waals surface area contributed by atoms with Gasteiger partial charge in [-0.25, -0.2) is 4.79 Å². The Morgan fingerprint density at radius 3 is 2.57 bits per heavy atom. The van der Waals surface area contributed by atoms with Gasteiger partial charge in [-0.15, -0.1) is 0 Å². The maximum absolute atomic E-state index is 13.4. The van der Waals surface area contributed by atoms with E-state index in [2.05, 4.69) is 0 Å². The van der Waals surface area contributed by atoms with Crippen molar-refractivity contribution in [3.8, 4) is 0 Å². The fourth-order valence-electron chi connectivity index (χ4n) is 1.83. The maximum Gasteiger partial charge on any atom is 0.326 e. The third-order valence-corrected chi connectivity index (χ3v) is 2.99. The van der Waals surface area contributed by atoms with Crippen LogP contribution in [-0.4, -0.2) is 23.0 Å². The summed E-state index contributed by atoms with van der Waals surface area (Å²) in [5.74, 6) is -17.4. The van der Waals surface area contributed by atoms with Crippen LogP contribution >= 0.6 is 0 Å². The summed E-state index contributed by atoms with van der Waals surface area (Å²) in [4.78, 5) is 25.2. The molecule has 0 bridgehead atoms. The van der Waals surface area contributed by atoms with Gasteiger partial charge in [0.25, 0.3) is 0 Å². The third kappa shape index (κ3) is 5.08. The summed E-state index contributed by atoms with van der Waals surface area (Å²) >= 11 is 0. The first-order chi connectivity index (χ1) is 17.6. The van der Waals surface area contributed by atoms with Gasteiger partial charge in [0, 0.05) is 35.6 Å². The Balaban J connectivity index is 2.86. The van der Waals surface area contributed by atoms with Crippen molar-refractivity contribution >= 4 is 11.9 Å². The zero-order chi connectivity index (χ0) is 31.8. The molecule has 0 aromatic heterocycles. The molecule has 4 nitrogen and oxygen atoms in total. The normalized spacial score (nSPS) is 50.2. The average molecular weight is 335 g/mol. The minimum absolute atomic E-state index is 0.314. The zero-order valence-electron chi connectivity index (χ0n) is 28.9. The molecule has 1 aliphatic carbocycles. The second kappa shape index (κ2) is 8.14. The number of hydrogen-bond acceptors (Lipinski definition) is 2. The predicted molar refractivity (Wildman–Crippen MR) is 90.0 cm³/mol. The number of carbonyl (C=O) groups is 2. The second-order valence-corrected chi connectivity index (χ2v) is 4.68. The van der Waals surface area contributed by atoms with Crippen LogP contribution in [0.3, 0.4) is 0 Å². The van der Waals surface area contributed by atoms with Crippen LogP contribution in [0.5, 0.6) is 0 Å². The van der Waals surface area contributed by atoms with Gasteiger partial charge in [-0.05, 0) is 42.8 Å². The van der Waals surface area contributed by atoms with Crippen LogP contribution in [0.25, 0.3) is 0 Å². The number of carboxylic acid groups (broad SMARTS) is 1. The summed E-state index contributed by atoms with van der Waals surface area (Å²) in [7, 11) is 0. The Kier molecular flexibility index (Phi) is 1.98. The molecule has 0 unspecified atom stereocenters. The molecule has 0 radical (unpaired) electrons. The van der Waals surface area contributed by atoms with E-state index in [1.807, 2.05) is 0 Å². The molecular weight excluding hydrogens is 290 g/mol. The van der Waals surface area contributed by atoms with E-state index in [-0.39, 0.29) is 0 Å². The van der Waals surface area contributed by atoms with Gasteiger partial charge >= 0.3 is 5.97 Å². The molecule has 1 aliphatic rings. The fourth-order valence-corrected chi connectivity index (χ4v) is 1.83. The number of aliphatic carboxylic acids is 1. The number of hydrogen-bond donors (Lipinski definition) is 2. The van der Waals surface area contributed by atoms with E-state index in [0.717, 1.165) is 0 Å². The lowest BCUT2D eigenvalue weighted by Crippen LogP contribution is -2.45. The molecule has 126 valence electrons. The first-order valence-corrected chi connectivity index (χ1v) is 6.63. The van der Waals surface area contributed by atoms with E-state index < -0.39 is 81.2 Å². The fraction of sp³-hybridized carbons (Fsp3) is 0.579. The van der Waals surface area contributed by atoms with E-state index in [0.29, 0.717) is 5.56 Å². The summed E-state index contributed by atoms with van der Waals surface area (Å²) in [6.45, 7) is -8.50. The minimum atomic E-state index is -4.66. The topological polar surface area (TPSA) is 66.4 Å². The van der Waals surface area contributed by atoms with Gasteiger partial charge in [0.2, 0.25) is 5.91 Å². The minimum Gasteiger partial charge on any atom is -0.480 e. The van der Waals surface area contributed by atoms with Gasteiger partial charge in [0.05, 0.1) is 0 Å². The van der Waals surface area contributed by atoms with E-state index >= 15 is 0 Å². The van der Waals surface area contributed by atoms with Gasteiger partial charge in [0.1, 0.15) is 6.04 Å². The molecule has 1 saturated carbocycles. The molecule has 2 rings (SSSR count). The Hall–Kier alpha value is -1.84. The molecule has 1 amide bonds. The van der Waals surface area contributed by atoms with Crippen LogP contribution in [0.2, 0.25) is 0 Å². The summed E-state index contributed by atoms with van der Waals surface area (Å²) in [6.07, 6.45) is -18.4. The molecule has 1 atom stereocenters. The number of nitrogens with one attached hydrogen (secondary N) is 1. The van der Waals surface area contributed by atoms with Crippen LogP contribution in [0.1, 0.15) is 68.1 Å². The molecular formula is C19H27NO3. The van der Waals surface area contributed by atoms with Crippen molar-refractivity contribution in [1.82, 2.24) is 5.32 Å². The number of carbonyl (C=O) groups excluding carboxylic acids is 1. The molecule has 0 aliphatic heterocycles.